The Labute approximate surface area is 453 Å². The van der Waals surface area contributed by atoms with Gasteiger partial charge in [0.05, 0.1) is 39.9 Å². The quantitative estimate of drug-likeness (QED) is 0.0272. The average Bonchev–Trinajstić information content (AvgIpc) is 3.35. The van der Waals surface area contributed by atoms with E-state index in [0.717, 1.165) is 70.6 Å². The summed E-state index contributed by atoms with van der Waals surface area (Å²) in [5.74, 6) is -0.162. The number of carbonyl (C=O) groups excluding carboxylic acids is 1. The Morgan fingerprint density at radius 3 is 1.22 bits per heavy atom. The van der Waals surface area contributed by atoms with Crippen molar-refractivity contribution in [1.29, 1.82) is 0 Å². The number of phosphoric ester groups is 1. The van der Waals surface area contributed by atoms with E-state index >= 15 is 0 Å². The predicted molar refractivity (Wildman–Crippen MR) is 316 cm³/mol. The molecule has 0 aliphatic heterocycles. The normalized spacial score (nSPS) is 14.2. The molecule has 1 amide bonds. The Bertz CT molecular complexity index is 1370. The summed E-state index contributed by atoms with van der Waals surface area (Å²) >= 11 is 0. The first-order chi connectivity index (χ1) is 35.5. The first-order valence-electron chi connectivity index (χ1n) is 31.1. The standard InChI is InChI=1S/C64H121N2O6P/c1-6-8-10-12-14-16-18-20-21-22-23-24-25-26-27-28-29-30-31-32-33-34-35-36-37-38-39-40-41-42-43-44-45-46-48-50-52-54-56-58-64(68)65-62(61-72-73(69,70)71-60-59-66(3,4)5)63(67)57-55-53-51-49-47-19-17-15-13-11-9-7-2/h8,10,14,16,20-21,23-24,26-27,62-63,67H,6-7,9,11-13,15,17-19,22,25,28-61H2,1-5H3,(H-,65,68,69,70)/b10-8-,16-14-,21-20-,24-23-,27-26-. The van der Waals surface area contributed by atoms with Crippen molar-refractivity contribution in [2.24, 2.45) is 0 Å². The van der Waals surface area contributed by atoms with Crippen LogP contribution in [0.5, 0.6) is 0 Å². The molecular formula is C64H121N2O6P. The van der Waals surface area contributed by atoms with Gasteiger partial charge >= 0.3 is 0 Å². The molecule has 0 aliphatic rings. The van der Waals surface area contributed by atoms with E-state index in [9.17, 15) is 19.4 Å². The van der Waals surface area contributed by atoms with Gasteiger partial charge in [0.2, 0.25) is 5.91 Å². The molecule has 2 N–H and O–H groups in total. The maximum atomic E-state index is 13.0. The molecule has 3 atom stereocenters. The number of hydrogen-bond acceptors (Lipinski definition) is 6. The number of unbranched alkanes of at least 4 members (excludes halogenated alkanes) is 34. The van der Waals surface area contributed by atoms with Crippen molar-refractivity contribution >= 4 is 13.7 Å². The minimum Gasteiger partial charge on any atom is -0.756 e. The van der Waals surface area contributed by atoms with E-state index in [4.69, 9.17) is 9.05 Å². The zero-order valence-corrected chi connectivity index (χ0v) is 49.7. The molecule has 428 valence electrons. The number of phosphoric acid groups is 1. The summed E-state index contributed by atoms with van der Waals surface area (Å²) in [4.78, 5) is 25.5. The summed E-state index contributed by atoms with van der Waals surface area (Å²) in [6.07, 6.45) is 74.3. The van der Waals surface area contributed by atoms with Crippen LogP contribution in [0.3, 0.4) is 0 Å². The van der Waals surface area contributed by atoms with Gasteiger partial charge in [0.25, 0.3) is 7.82 Å². The van der Waals surface area contributed by atoms with Gasteiger partial charge in [0, 0.05) is 6.42 Å². The van der Waals surface area contributed by atoms with Crippen LogP contribution in [0.1, 0.15) is 290 Å². The Hall–Kier alpha value is -1.80. The molecule has 0 radical (unpaired) electrons. The molecule has 0 aromatic rings. The van der Waals surface area contributed by atoms with Crippen LogP contribution in [0.15, 0.2) is 60.8 Å². The van der Waals surface area contributed by atoms with Gasteiger partial charge in [-0.1, -0.05) is 286 Å². The lowest BCUT2D eigenvalue weighted by atomic mass is 10.0. The monoisotopic (exact) mass is 1040 g/mol. The predicted octanol–water partition coefficient (Wildman–Crippen LogP) is 18.6. The number of nitrogens with zero attached hydrogens (tertiary/aromatic N) is 1. The van der Waals surface area contributed by atoms with Crippen molar-refractivity contribution in [1.82, 2.24) is 5.32 Å². The van der Waals surface area contributed by atoms with Gasteiger partial charge in [0.1, 0.15) is 13.2 Å². The molecular weight excluding hydrogens is 924 g/mol. The topological polar surface area (TPSA) is 108 Å². The van der Waals surface area contributed by atoms with Crippen molar-refractivity contribution in [3.63, 3.8) is 0 Å². The van der Waals surface area contributed by atoms with Gasteiger partial charge in [0.15, 0.2) is 0 Å². The second kappa shape index (κ2) is 55.0. The van der Waals surface area contributed by atoms with Crippen molar-refractivity contribution in [3.05, 3.63) is 60.8 Å². The number of quaternary nitrogens is 1. The van der Waals surface area contributed by atoms with Crippen molar-refractivity contribution in [3.8, 4) is 0 Å². The highest BCUT2D eigenvalue weighted by molar-refractivity contribution is 7.45. The molecule has 0 rings (SSSR count). The first-order valence-corrected chi connectivity index (χ1v) is 32.6. The highest BCUT2D eigenvalue weighted by atomic mass is 31.2. The maximum absolute atomic E-state index is 13.0. The van der Waals surface area contributed by atoms with Crippen LogP contribution in [0.4, 0.5) is 0 Å². The number of carbonyl (C=O) groups is 1. The fourth-order valence-corrected chi connectivity index (χ4v) is 9.91. The van der Waals surface area contributed by atoms with E-state index < -0.39 is 20.0 Å². The lowest BCUT2D eigenvalue weighted by molar-refractivity contribution is -0.870. The fraction of sp³-hybridized carbons (Fsp3) is 0.828. The molecule has 0 heterocycles. The van der Waals surface area contributed by atoms with Crippen LogP contribution in [0.25, 0.3) is 0 Å². The molecule has 73 heavy (non-hydrogen) atoms. The molecule has 0 spiro atoms. The number of likely N-dealkylation sites (N-methyl/N-ethyl adjacent to an activating group) is 1. The zero-order valence-electron chi connectivity index (χ0n) is 48.8. The largest absolute Gasteiger partial charge is 0.756 e. The summed E-state index contributed by atoms with van der Waals surface area (Å²) in [5.41, 5.74) is 0. The molecule has 0 aromatic carbocycles. The second-order valence-corrected chi connectivity index (χ2v) is 23.8. The fourth-order valence-electron chi connectivity index (χ4n) is 9.19. The summed E-state index contributed by atoms with van der Waals surface area (Å²) in [6, 6.07) is -0.798. The number of amides is 1. The van der Waals surface area contributed by atoms with Gasteiger partial charge in [-0.05, 0) is 57.8 Å². The molecule has 0 saturated heterocycles. The number of allylic oxidation sites excluding steroid dienone is 10. The summed E-state index contributed by atoms with van der Waals surface area (Å²) in [6.45, 7) is 4.62. The number of aliphatic hydroxyl groups excluding tert-OH is 1. The summed E-state index contributed by atoms with van der Waals surface area (Å²) in [5, 5.41) is 14.0. The van der Waals surface area contributed by atoms with Crippen molar-refractivity contribution in [2.45, 2.75) is 302 Å². The Morgan fingerprint density at radius 1 is 0.493 bits per heavy atom. The lowest BCUT2D eigenvalue weighted by Crippen LogP contribution is -2.46. The third-order valence-corrected chi connectivity index (χ3v) is 15.0. The van der Waals surface area contributed by atoms with E-state index in [0.29, 0.717) is 23.9 Å². The highest BCUT2D eigenvalue weighted by Gasteiger charge is 2.24. The van der Waals surface area contributed by atoms with Crippen molar-refractivity contribution in [2.75, 3.05) is 40.9 Å². The zero-order chi connectivity index (χ0) is 53.5. The Kier molecular flexibility index (Phi) is 53.6. The SMILES string of the molecule is CC/C=C\C/C=C\C/C=C\C/C=C\C/C=C\CCCCCCCCCCCCCCCCCCCCCCCCCC(=O)NC(COP(=O)([O-])OCC[N+](C)(C)C)C(O)CCCCCCCCCCCCCC. The third-order valence-electron chi connectivity index (χ3n) is 14.0. The maximum Gasteiger partial charge on any atom is 0.268 e. The molecule has 0 saturated carbocycles. The highest BCUT2D eigenvalue weighted by Crippen LogP contribution is 2.38. The minimum absolute atomic E-state index is 0.0132. The van der Waals surface area contributed by atoms with Gasteiger partial charge in [-0.2, -0.15) is 0 Å². The number of nitrogens with one attached hydrogen (secondary N) is 1. The Morgan fingerprint density at radius 2 is 0.836 bits per heavy atom. The molecule has 3 unspecified atom stereocenters. The van der Waals surface area contributed by atoms with E-state index in [-0.39, 0.29) is 19.1 Å². The van der Waals surface area contributed by atoms with E-state index in [2.05, 4.69) is 79.9 Å². The van der Waals surface area contributed by atoms with Crippen LogP contribution >= 0.6 is 7.82 Å². The van der Waals surface area contributed by atoms with E-state index in [1.54, 1.807) is 0 Å². The van der Waals surface area contributed by atoms with Crippen molar-refractivity contribution < 1.29 is 32.9 Å². The van der Waals surface area contributed by atoms with Gasteiger partial charge < -0.3 is 28.8 Å². The smallest absolute Gasteiger partial charge is 0.268 e. The lowest BCUT2D eigenvalue weighted by Gasteiger charge is -2.30. The summed E-state index contributed by atoms with van der Waals surface area (Å²) < 4.78 is 23.4. The number of rotatable bonds is 57. The molecule has 0 bridgehead atoms. The second-order valence-electron chi connectivity index (χ2n) is 22.4. The molecule has 0 fully saturated rings. The molecule has 0 aromatic heterocycles. The van der Waals surface area contributed by atoms with Crippen LogP contribution in [-0.2, 0) is 18.4 Å². The summed E-state index contributed by atoms with van der Waals surface area (Å²) in [7, 11) is 1.31. The average molecular weight is 1050 g/mol. The van der Waals surface area contributed by atoms with E-state index in [1.807, 2.05) is 21.1 Å². The van der Waals surface area contributed by atoms with Crippen LogP contribution in [0, 0.1) is 0 Å². The van der Waals surface area contributed by atoms with Gasteiger partial charge in [-0.3, -0.25) is 9.36 Å². The third kappa shape index (κ3) is 57.7. The van der Waals surface area contributed by atoms with Gasteiger partial charge in [-0.15, -0.1) is 0 Å². The molecule has 8 nitrogen and oxygen atoms in total. The first kappa shape index (κ1) is 71.2. The van der Waals surface area contributed by atoms with Gasteiger partial charge in [-0.25, -0.2) is 0 Å². The molecule has 0 aliphatic carbocycles. The van der Waals surface area contributed by atoms with Crippen LogP contribution in [-0.4, -0.2) is 68.5 Å². The number of aliphatic hydroxyl groups is 1. The minimum atomic E-state index is -4.57. The molecule has 9 heteroatoms. The number of hydrogen-bond donors (Lipinski definition) is 2. The van der Waals surface area contributed by atoms with Crippen LogP contribution in [0.2, 0.25) is 0 Å². The van der Waals surface area contributed by atoms with Crippen LogP contribution < -0.4 is 10.2 Å². The Balaban J connectivity index is 3.86. The van der Waals surface area contributed by atoms with E-state index in [1.165, 1.54) is 193 Å².